The van der Waals surface area contributed by atoms with Crippen LogP contribution in [0.2, 0.25) is 0 Å². The molecule has 3 aromatic heterocycles. The summed E-state index contributed by atoms with van der Waals surface area (Å²) in [6.07, 6.45) is 0. The molecule has 0 unspecified atom stereocenters. The van der Waals surface area contributed by atoms with Crippen LogP contribution >= 0.6 is 0 Å². The zero-order valence-corrected chi connectivity index (χ0v) is 28.6. The average molecular weight is 678 g/mol. The van der Waals surface area contributed by atoms with E-state index >= 15 is 0 Å². The van der Waals surface area contributed by atoms with Crippen LogP contribution in [-0.2, 0) is 0 Å². The molecule has 0 fully saturated rings. The Bertz CT molecular complexity index is 2920. The van der Waals surface area contributed by atoms with E-state index in [0.717, 1.165) is 61.1 Å². The molecule has 0 aliphatic rings. The number of fused-ring (bicyclic) bond motifs is 5. The van der Waals surface area contributed by atoms with Crippen LogP contribution < -0.4 is 0 Å². The molecule has 248 valence electrons. The van der Waals surface area contributed by atoms with Crippen molar-refractivity contribution in [1.82, 2.24) is 24.5 Å². The third-order valence-electron chi connectivity index (χ3n) is 9.83. The van der Waals surface area contributed by atoms with Gasteiger partial charge in [-0.1, -0.05) is 164 Å². The summed E-state index contributed by atoms with van der Waals surface area (Å²) in [6, 6.07) is 65.0. The summed E-state index contributed by atoms with van der Waals surface area (Å²) in [7, 11) is 0. The molecular weight excluding hydrogens is 647 g/mol. The zero-order chi connectivity index (χ0) is 35.1. The quantitative estimate of drug-likeness (QED) is 0.176. The highest BCUT2D eigenvalue weighted by molar-refractivity contribution is 6.23. The number of hydrogen-bond acceptors (Lipinski definition) is 4. The Hall–Kier alpha value is -7.24. The van der Waals surface area contributed by atoms with Crippen molar-refractivity contribution < 1.29 is 0 Å². The van der Waals surface area contributed by atoms with Crippen LogP contribution in [0.3, 0.4) is 0 Å². The Morgan fingerprint density at radius 1 is 0.340 bits per heavy atom. The Labute approximate surface area is 306 Å². The summed E-state index contributed by atoms with van der Waals surface area (Å²) >= 11 is 0. The lowest BCUT2D eigenvalue weighted by atomic mass is 10.0. The van der Waals surface area contributed by atoms with Crippen molar-refractivity contribution in [3.8, 4) is 62.2 Å². The first kappa shape index (κ1) is 30.6. The van der Waals surface area contributed by atoms with E-state index in [1.54, 1.807) is 0 Å². The third kappa shape index (κ3) is 5.43. The molecule has 10 aromatic rings. The van der Waals surface area contributed by atoms with E-state index in [1.807, 2.05) is 42.5 Å². The maximum atomic E-state index is 5.30. The summed E-state index contributed by atoms with van der Waals surface area (Å²) in [5.41, 5.74) is 11.2. The predicted molar refractivity (Wildman–Crippen MR) is 217 cm³/mol. The average Bonchev–Trinajstić information content (AvgIpc) is 3.60. The molecule has 0 aliphatic carbocycles. The van der Waals surface area contributed by atoms with Crippen molar-refractivity contribution in [2.24, 2.45) is 0 Å². The first-order valence-electron chi connectivity index (χ1n) is 17.7. The summed E-state index contributed by atoms with van der Waals surface area (Å²) in [4.78, 5) is 20.5. The normalized spacial score (nSPS) is 11.4. The van der Waals surface area contributed by atoms with Gasteiger partial charge in [-0.25, -0.2) is 19.9 Å². The van der Waals surface area contributed by atoms with Crippen molar-refractivity contribution in [3.63, 3.8) is 0 Å². The van der Waals surface area contributed by atoms with Gasteiger partial charge < -0.3 is 4.57 Å². The Morgan fingerprint density at radius 2 is 0.830 bits per heavy atom. The highest BCUT2D eigenvalue weighted by atomic mass is 15.0. The van der Waals surface area contributed by atoms with Gasteiger partial charge in [-0.2, -0.15) is 0 Å². The van der Waals surface area contributed by atoms with E-state index in [4.69, 9.17) is 19.9 Å². The van der Waals surface area contributed by atoms with Gasteiger partial charge in [-0.15, -0.1) is 0 Å². The van der Waals surface area contributed by atoms with Crippen molar-refractivity contribution in [3.05, 3.63) is 188 Å². The van der Waals surface area contributed by atoms with Gasteiger partial charge in [0.2, 0.25) is 0 Å². The standard InChI is InChI=1S/C48H31N5/c1-4-15-32(16-5-1)33-27-29-36(30-28-33)47-50-46(35-19-8-3-9-20-35)51-48(52-47)37-21-14-22-38(31-37)53-42-26-13-11-24-40(42)43-39-23-10-12-25-41(39)49-44(45(43)53)34-17-6-2-7-18-34/h1-31H. The molecule has 0 spiro atoms. The molecule has 0 N–H and O–H groups in total. The Balaban J connectivity index is 1.18. The first-order chi connectivity index (χ1) is 26.3. The molecule has 0 amide bonds. The van der Waals surface area contributed by atoms with Gasteiger partial charge in [0.25, 0.3) is 0 Å². The minimum Gasteiger partial charge on any atom is -0.307 e. The number of hydrogen-bond donors (Lipinski definition) is 0. The number of nitrogens with zero attached hydrogens (tertiary/aromatic N) is 5. The molecule has 0 bridgehead atoms. The van der Waals surface area contributed by atoms with E-state index in [0.29, 0.717) is 17.5 Å². The number of para-hydroxylation sites is 2. The molecule has 0 saturated carbocycles. The van der Waals surface area contributed by atoms with E-state index in [1.165, 1.54) is 16.3 Å². The molecule has 53 heavy (non-hydrogen) atoms. The maximum Gasteiger partial charge on any atom is 0.164 e. The van der Waals surface area contributed by atoms with E-state index in [9.17, 15) is 0 Å². The van der Waals surface area contributed by atoms with Crippen LogP contribution in [0.15, 0.2) is 188 Å². The molecule has 5 nitrogen and oxygen atoms in total. The summed E-state index contributed by atoms with van der Waals surface area (Å²) in [6.45, 7) is 0. The van der Waals surface area contributed by atoms with Gasteiger partial charge in [-0.3, -0.25) is 0 Å². The molecular formula is C48H31N5. The summed E-state index contributed by atoms with van der Waals surface area (Å²) < 4.78 is 2.35. The topological polar surface area (TPSA) is 56.5 Å². The van der Waals surface area contributed by atoms with Crippen molar-refractivity contribution in [2.45, 2.75) is 0 Å². The second-order valence-corrected chi connectivity index (χ2v) is 13.1. The van der Waals surface area contributed by atoms with Crippen LogP contribution in [0.4, 0.5) is 0 Å². The minimum atomic E-state index is 0.607. The summed E-state index contributed by atoms with van der Waals surface area (Å²) in [5.74, 6) is 1.86. The van der Waals surface area contributed by atoms with Crippen LogP contribution in [-0.4, -0.2) is 24.5 Å². The number of benzene rings is 7. The molecule has 7 aromatic carbocycles. The van der Waals surface area contributed by atoms with Gasteiger partial charge in [0.05, 0.1) is 22.2 Å². The Kier molecular flexibility index (Phi) is 7.40. The number of pyridine rings is 1. The van der Waals surface area contributed by atoms with Crippen molar-refractivity contribution >= 4 is 32.7 Å². The van der Waals surface area contributed by atoms with Crippen molar-refractivity contribution in [1.29, 1.82) is 0 Å². The highest BCUT2D eigenvalue weighted by Crippen LogP contribution is 2.41. The fourth-order valence-electron chi connectivity index (χ4n) is 7.34. The largest absolute Gasteiger partial charge is 0.307 e. The van der Waals surface area contributed by atoms with Crippen LogP contribution in [0.5, 0.6) is 0 Å². The lowest BCUT2D eigenvalue weighted by molar-refractivity contribution is 1.07. The second-order valence-electron chi connectivity index (χ2n) is 13.1. The zero-order valence-electron chi connectivity index (χ0n) is 28.6. The third-order valence-corrected chi connectivity index (χ3v) is 9.83. The van der Waals surface area contributed by atoms with Gasteiger partial charge in [-0.05, 0) is 35.4 Å². The van der Waals surface area contributed by atoms with Crippen LogP contribution in [0.1, 0.15) is 0 Å². The summed E-state index contributed by atoms with van der Waals surface area (Å²) in [5, 5.41) is 3.49. The lowest BCUT2D eigenvalue weighted by Crippen LogP contribution is -2.01. The monoisotopic (exact) mass is 677 g/mol. The molecule has 3 heterocycles. The van der Waals surface area contributed by atoms with E-state index in [2.05, 4.69) is 150 Å². The lowest BCUT2D eigenvalue weighted by Gasteiger charge is -2.14. The maximum absolute atomic E-state index is 5.30. The molecule has 0 atom stereocenters. The van der Waals surface area contributed by atoms with Crippen molar-refractivity contribution in [2.75, 3.05) is 0 Å². The van der Waals surface area contributed by atoms with Gasteiger partial charge >= 0.3 is 0 Å². The Morgan fingerprint density at radius 3 is 1.53 bits per heavy atom. The minimum absolute atomic E-state index is 0.607. The fraction of sp³-hybridized carbons (Fsp3) is 0. The van der Waals surface area contributed by atoms with Gasteiger partial charge in [0.1, 0.15) is 0 Å². The van der Waals surface area contributed by atoms with E-state index < -0.39 is 0 Å². The second kappa shape index (κ2) is 12.8. The molecule has 0 aliphatic heterocycles. The molecule has 0 saturated heterocycles. The molecule has 10 rings (SSSR count). The fourth-order valence-corrected chi connectivity index (χ4v) is 7.34. The number of aromatic nitrogens is 5. The van der Waals surface area contributed by atoms with E-state index in [-0.39, 0.29) is 0 Å². The van der Waals surface area contributed by atoms with Crippen LogP contribution in [0.25, 0.3) is 94.9 Å². The highest BCUT2D eigenvalue weighted by Gasteiger charge is 2.21. The molecule has 0 radical (unpaired) electrons. The van der Waals surface area contributed by atoms with Crippen LogP contribution in [0, 0.1) is 0 Å². The predicted octanol–water partition coefficient (Wildman–Crippen LogP) is 11.9. The molecule has 5 heteroatoms. The van der Waals surface area contributed by atoms with Gasteiger partial charge in [0, 0.05) is 44.1 Å². The SMILES string of the molecule is c1ccc(-c2ccc(-c3nc(-c4ccccc4)nc(-c4cccc(-n5c6ccccc6c6c7ccccc7nc(-c7ccccc7)c65)c4)n3)cc2)cc1. The first-order valence-corrected chi connectivity index (χ1v) is 17.7. The number of rotatable bonds is 6. The smallest absolute Gasteiger partial charge is 0.164 e. The van der Waals surface area contributed by atoms with Gasteiger partial charge in [0.15, 0.2) is 17.5 Å².